The van der Waals surface area contributed by atoms with Crippen molar-refractivity contribution >= 4 is 21.7 Å². The van der Waals surface area contributed by atoms with Crippen LogP contribution in [0.5, 0.6) is 0 Å². The number of benzene rings is 1. The fourth-order valence-electron chi connectivity index (χ4n) is 1.49. The number of nitrogens with two attached hydrogens (primary N) is 1. The van der Waals surface area contributed by atoms with Crippen LogP contribution >= 0.6 is 15.9 Å². The van der Waals surface area contributed by atoms with Gasteiger partial charge in [0.2, 0.25) is 0 Å². The quantitative estimate of drug-likeness (QED) is 0.906. The first kappa shape index (κ1) is 10.2. The van der Waals surface area contributed by atoms with Crippen molar-refractivity contribution in [2.24, 2.45) is 7.05 Å². The minimum Gasteiger partial charge on any atom is -0.384 e. The first-order valence-electron chi connectivity index (χ1n) is 4.68. The minimum absolute atomic E-state index is 0.694. The second-order valence-electron chi connectivity index (χ2n) is 3.49. The zero-order valence-electron chi connectivity index (χ0n) is 8.44. The molecule has 0 amide bonds. The first-order valence-corrected chi connectivity index (χ1v) is 5.47. The maximum atomic E-state index is 5.72. The lowest BCUT2D eigenvalue weighted by atomic mass is 10.1. The van der Waals surface area contributed by atoms with Crippen molar-refractivity contribution in [2.75, 3.05) is 5.73 Å². The van der Waals surface area contributed by atoms with Crippen molar-refractivity contribution in [2.45, 2.75) is 6.42 Å². The summed E-state index contributed by atoms with van der Waals surface area (Å²) in [6, 6.07) is 10.1. The van der Waals surface area contributed by atoms with Gasteiger partial charge in [0.25, 0.3) is 0 Å². The zero-order valence-corrected chi connectivity index (χ0v) is 10.0. The number of halogens is 1. The second-order valence-corrected chi connectivity index (χ2v) is 4.41. The maximum absolute atomic E-state index is 5.72. The van der Waals surface area contributed by atoms with Gasteiger partial charge in [0.15, 0.2) is 0 Å². The summed E-state index contributed by atoms with van der Waals surface area (Å²) in [4.78, 5) is 0. The van der Waals surface area contributed by atoms with E-state index >= 15 is 0 Å². The van der Waals surface area contributed by atoms with Gasteiger partial charge in [-0.1, -0.05) is 28.1 Å². The molecular formula is C11H12BrN3. The number of aromatic nitrogens is 2. The van der Waals surface area contributed by atoms with Crippen molar-refractivity contribution in [1.29, 1.82) is 0 Å². The lowest BCUT2D eigenvalue weighted by Gasteiger charge is -1.98. The van der Waals surface area contributed by atoms with E-state index < -0.39 is 0 Å². The molecule has 0 spiro atoms. The van der Waals surface area contributed by atoms with Gasteiger partial charge >= 0.3 is 0 Å². The molecule has 2 aromatic rings. The van der Waals surface area contributed by atoms with E-state index in [0.29, 0.717) is 5.82 Å². The van der Waals surface area contributed by atoms with Crippen molar-refractivity contribution < 1.29 is 0 Å². The summed E-state index contributed by atoms with van der Waals surface area (Å²) >= 11 is 3.44. The van der Waals surface area contributed by atoms with Gasteiger partial charge in [0, 0.05) is 24.0 Å². The Balaban J connectivity index is 2.22. The molecule has 0 aliphatic heterocycles. The molecule has 0 radical (unpaired) electrons. The smallest absolute Gasteiger partial charge is 0.121 e. The van der Waals surface area contributed by atoms with Gasteiger partial charge in [0.05, 0.1) is 5.69 Å². The van der Waals surface area contributed by atoms with Crippen molar-refractivity contribution in [3.05, 3.63) is 46.1 Å². The number of nitrogens with zero attached hydrogens (tertiary/aromatic N) is 2. The average molecular weight is 266 g/mol. The third-order valence-corrected chi connectivity index (χ3v) is 2.73. The fraction of sp³-hybridized carbons (Fsp3) is 0.182. The molecule has 0 saturated carbocycles. The first-order chi connectivity index (χ1) is 7.15. The molecule has 15 heavy (non-hydrogen) atoms. The molecule has 1 aromatic heterocycles. The normalized spacial score (nSPS) is 10.5. The van der Waals surface area contributed by atoms with Crippen molar-refractivity contribution in [3.8, 4) is 0 Å². The molecule has 0 bridgehead atoms. The number of hydrogen-bond donors (Lipinski definition) is 1. The number of rotatable bonds is 2. The molecule has 78 valence electrons. The van der Waals surface area contributed by atoms with Crippen LogP contribution in [0, 0.1) is 0 Å². The second kappa shape index (κ2) is 4.06. The summed E-state index contributed by atoms with van der Waals surface area (Å²) in [6.45, 7) is 0. The van der Waals surface area contributed by atoms with Gasteiger partial charge < -0.3 is 5.73 Å². The molecule has 2 rings (SSSR count). The van der Waals surface area contributed by atoms with Gasteiger partial charge in [0.1, 0.15) is 5.82 Å². The summed E-state index contributed by atoms with van der Waals surface area (Å²) in [5.41, 5.74) is 7.93. The fourth-order valence-corrected chi connectivity index (χ4v) is 1.93. The third kappa shape index (κ3) is 2.39. The van der Waals surface area contributed by atoms with E-state index in [2.05, 4.69) is 33.2 Å². The van der Waals surface area contributed by atoms with Crippen LogP contribution < -0.4 is 5.73 Å². The standard InChI is InChI=1S/C11H12BrN3/c1-15-11(13)7-10(14-15)6-8-3-2-4-9(12)5-8/h2-5,7H,6,13H2,1H3. The highest BCUT2D eigenvalue weighted by Gasteiger charge is 2.03. The number of aryl methyl sites for hydroxylation is 1. The molecule has 0 unspecified atom stereocenters. The largest absolute Gasteiger partial charge is 0.384 e. The van der Waals surface area contributed by atoms with Crippen LogP contribution in [-0.4, -0.2) is 9.78 Å². The number of anilines is 1. The Labute approximate surface area is 97.0 Å². The molecule has 0 saturated heterocycles. The predicted octanol–water partition coefficient (Wildman–Crippen LogP) is 2.36. The third-order valence-electron chi connectivity index (χ3n) is 2.24. The molecule has 3 nitrogen and oxygen atoms in total. The average Bonchev–Trinajstić information content (AvgIpc) is 2.45. The van der Waals surface area contributed by atoms with Crippen LogP contribution in [0.1, 0.15) is 11.3 Å². The molecule has 1 heterocycles. The van der Waals surface area contributed by atoms with Crippen LogP contribution in [0.3, 0.4) is 0 Å². The Morgan fingerprint density at radius 2 is 2.20 bits per heavy atom. The van der Waals surface area contributed by atoms with Crippen LogP contribution in [0.4, 0.5) is 5.82 Å². The Hall–Kier alpha value is -1.29. The Morgan fingerprint density at radius 3 is 2.80 bits per heavy atom. The monoisotopic (exact) mass is 265 g/mol. The number of hydrogen-bond acceptors (Lipinski definition) is 2. The summed E-state index contributed by atoms with van der Waals surface area (Å²) in [7, 11) is 1.85. The lowest BCUT2D eigenvalue weighted by Crippen LogP contribution is -1.97. The van der Waals surface area contributed by atoms with Crippen LogP contribution in [-0.2, 0) is 13.5 Å². The molecule has 0 aliphatic carbocycles. The minimum atomic E-state index is 0.694. The van der Waals surface area contributed by atoms with Gasteiger partial charge in [-0.3, -0.25) is 4.68 Å². The zero-order chi connectivity index (χ0) is 10.8. The van der Waals surface area contributed by atoms with Gasteiger partial charge in [-0.25, -0.2) is 0 Å². The Morgan fingerprint density at radius 1 is 1.40 bits per heavy atom. The molecular weight excluding hydrogens is 254 g/mol. The molecule has 1 aromatic carbocycles. The maximum Gasteiger partial charge on any atom is 0.121 e. The molecule has 4 heteroatoms. The van der Waals surface area contributed by atoms with Gasteiger partial charge in [-0.2, -0.15) is 5.10 Å². The van der Waals surface area contributed by atoms with E-state index in [1.807, 2.05) is 25.2 Å². The topological polar surface area (TPSA) is 43.8 Å². The Bertz CT molecular complexity index is 457. The van der Waals surface area contributed by atoms with Crippen molar-refractivity contribution in [3.63, 3.8) is 0 Å². The molecule has 0 aliphatic rings. The van der Waals surface area contributed by atoms with E-state index in [-0.39, 0.29) is 0 Å². The SMILES string of the molecule is Cn1nc(Cc2cccc(Br)c2)cc1N. The van der Waals surface area contributed by atoms with Crippen molar-refractivity contribution in [1.82, 2.24) is 9.78 Å². The van der Waals surface area contributed by atoms with E-state index in [0.717, 1.165) is 16.6 Å². The summed E-state index contributed by atoms with van der Waals surface area (Å²) in [5.74, 6) is 0.694. The van der Waals surface area contributed by atoms with Gasteiger partial charge in [-0.05, 0) is 17.7 Å². The highest BCUT2D eigenvalue weighted by Crippen LogP contribution is 2.15. The van der Waals surface area contributed by atoms with Crippen LogP contribution in [0.15, 0.2) is 34.8 Å². The molecule has 0 fully saturated rings. The summed E-state index contributed by atoms with van der Waals surface area (Å²) in [6.07, 6.45) is 0.810. The molecule has 2 N–H and O–H groups in total. The van der Waals surface area contributed by atoms with E-state index in [9.17, 15) is 0 Å². The molecule has 0 atom stereocenters. The highest BCUT2D eigenvalue weighted by molar-refractivity contribution is 9.10. The number of nitrogen functional groups attached to an aromatic ring is 1. The van der Waals surface area contributed by atoms with E-state index in [1.165, 1.54) is 5.56 Å². The predicted molar refractivity (Wildman–Crippen MR) is 64.6 cm³/mol. The van der Waals surface area contributed by atoms with E-state index in [1.54, 1.807) is 4.68 Å². The van der Waals surface area contributed by atoms with Crippen LogP contribution in [0.2, 0.25) is 0 Å². The summed E-state index contributed by atoms with van der Waals surface area (Å²) < 4.78 is 2.77. The Kier molecular flexibility index (Phi) is 2.77. The highest BCUT2D eigenvalue weighted by atomic mass is 79.9. The summed E-state index contributed by atoms with van der Waals surface area (Å²) in [5, 5.41) is 4.31. The lowest BCUT2D eigenvalue weighted by molar-refractivity contribution is 0.759. The van der Waals surface area contributed by atoms with Crippen LogP contribution in [0.25, 0.3) is 0 Å². The van der Waals surface area contributed by atoms with E-state index in [4.69, 9.17) is 5.73 Å². The van der Waals surface area contributed by atoms with Gasteiger partial charge in [-0.15, -0.1) is 0 Å².